The predicted molar refractivity (Wildman–Crippen MR) is 145 cm³/mol. The second-order valence-electron chi connectivity index (χ2n) is 8.61. The lowest BCUT2D eigenvalue weighted by molar-refractivity contribution is -0.117. The first-order valence-corrected chi connectivity index (χ1v) is 12.7. The average Bonchev–Trinajstić information content (AvgIpc) is 3.45. The maximum absolute atomic E-state index is 13.6. The smallest absolute Gasteiger partial charge is 0.270 e. The van der Waals surface area contributed by atoms with Crippen molar-refractivity contribution in [3.05, 3.63) is 119 Å². The maximum atomic E-state index is 13.6. The molecule has 1 fully saturated rings. The Morgan fingerprint density at radius 2 is 1.66 bits per heavy atom. The first-order valence-electron chi connectivity index (χ1n) is 11.8. The number of nitrogens with zero attached hydrogens (tertiary/aromatic N) is 4. The lowest BCUT2D eigenvalue weighted by Crippen LogP contribution is -2.31. The molecule has 1 atom stereocenters. The third-order valence-electron chi connectivity index (χ3n) is 5.93. The zero-order valence-electron chi connectivity index (χ0n) is 20.3. The summed E-state index contributed by atoms with van der Waals surface area (Å²) in [7, 11) is 0. The summed E-state index contributed by atoms with van der Waals surface area (Å²) in [4.78, 5) is 28.5. The van der Waals surface area contributed by atoms with Gasteiger partial charge in [-0.15, -0.1) is 0 Å². The van der Waals surface area contributed by atoms with E-state index < -0.39 is 11.2 Å². The van der Waals surface area contributed by atoms with Crippen molar-refractivity contribution in [1.82, 2.24) is 9.78 Å². The van der Waals surface area contributed by atoms with Crippen LogP contribution in [-0.4, -0.2) is 26.8 Å². The van der Waals surface area contributed by atoms with Crippen LogP contribution in [-0.2, 0) is 16.0 Å². The SMILES string of the molecule is Cc1cc(NC(=O)/C(C#N)=C2\S[C@@H](Cc3ccc(F)cc3)C(=O)N2c2ccccc2)n(-c2ccccc2)n1. The van der Waals surface area contributed by atoms with Crippen LogP contribution in [0.15, 0.2) is 102 Å². The number of aromatic nitrogens is 2. The molecule has 0 unspecified atom stereocenters. The fourth-order valence-electron chi connectivity index (χ4n) is 4.17. The van der Waals surface area contributed by atoms with Crippen molar-refractivity contribution in [2.45, 2.75) is 18.6 Å². The fourth-order valence-corrected chi connectivity index (χ4v) is 5.48. The summed E-state index contributed by atoms with van der Waals surface area (Å²) in [6.45, 7) is 1.81. The van der Waals surface area contributed by atoms with Crippen molar-refractivity contribution in [1.29, 1.82) is 5.26 Å². The van der Waals surface area contributed by atoms with E-state index in [0.29, 0.717) is 23.6 Å². The zero-order valence-corrected chi connectivity index (χ0v) is 21.2. The van der Waals surface area contributed by atoms with Crippen LogP contribution in [0.1, 0.15) is 11.3 Å². The number of thioether (sulfide) groups is 1. The summed E-state index contributed by atoms with van der Waals surface area (Å²) in [6, 6.07) is 27.9. The van der Waals surface area contributed by atoms with E-state index in [1.54, 1.807) is 54.1 Å². The lowest BCUT2D eigenvalue weighted by atomic mass is 10.1. The Hall–Kier alpha value is -4.68. The Morgan fingerprint density at radius 1 is 1.03 bits per heavy atom. The maximum Gasteiger partial charge on any atom is 0.270 e. The molecule has 0 radical (unpaired) electrons. The van der Waals surface area contributed by atoms with Crippen molar-refractivity contribution in [3.8, 4) is 11.8 Å². The topological polar surface area (TPSA) is 91.0 Å². The molecule has 1 saturated heterocycles. The van der Waals surface area contributed by atoms with Gasteiger partial charge in [-0.3, -0.25) is 14.5 Å². The Balaban J connectivity index is 1.51. The first-order chi connectivity index (χ1) is 18.4. The Kier molecular flexibility index (Phi) is 7.07. The number of hydrogen-bond donors (Lipinski definition) is 1. The zero-order chi connectivity index (χ0) is 26.6. The molecule has 0 spiro atoms. The standard InChI is InChI=1S/C29H22FN5O2S/c1-19-16-26(35(33-19)23-10-6-3-7-11-23)32-27(36)24(18-31)29-34(22-8-4-2-5-9-22)28(37)25(38-29)17-20-12-14-21(30)15-13-20/h2-16,25H,17H2,1H3,(H,32,36)/b29-24-/t25-/m0/s1. The van der Waals surface area contributed by atoms with Crippen LogP contribution in [0.25, 0.3) is 5.69 Å². The van der Waals surface area contributed by atoms with Gasteiger partial charge in [0.15, 0.2) is 0 Å². The van der Waals surface area contributed by atoms with E-state index in [1.165, 1.54) is 17.0 Å². The minimum Gasteiger partial charge on any atom is -0.306 e. The van der Waals surface area contributed by atoms with E-state index in [-0.39, 0.29) is 22.3 Å². The largest absolute Gasteiger partial charge is 0.306 e. The normalized spacial score (nSPS) is 16.3. The molecule has 1 aliphatic heterocycles. The van der Waals surface area contributed by atoms with E-state index in [4.69, 9.17) is 0 Å². The molecule has 5 rings (SSSR count). The van der Waals surface area contributed by atoms with Crippen LogP contribution in [0, 0.1) is 24.1 Å². The number of nitrogens with one attached hydrogen (secondary N) is 1. The summed E-state index contributed by atoms with van der Waals surface area (Å²) < 4.78 is 15.0. The van der Waals surface area contributed by atoms with Gasteiger partial charge in [0, 0.05) is 11.8 Å². The Labute approximate surface area is 223 Å². The number of carbonyl (C=O) groups excluding carboxylic acids is 2. The number of nitriles is 1. The van der Waals surface area contributed by atoms with E-state index in [1.807, 2.05) is 42.5 Å². The number of hydrogen-bond acceptors (Lipinski definition) is 5. The number of carbonyl (C=O) groups is 2. The van der Waals surface area contributed by atoms with Gasteiger partial charge in [0.2, 0.25) is 5.91 Å². The van der Waals surface area contributed by atoms with Gasteiger partial charge in [-0.25, -0.2) is 9.07 Å². The van der Waals surface area contributed by atoms with E-state index in [2.05, 4.69) is 10.4 Å². The molecule has 0 saturated carbocycles. The molecule has 4 aromatic rings. The monoisotopic (exact) mass is 523 g/mol. The summed E-state index contributed by atoms with van der Waals surface area (Å²) in [5.74, 6) is -0.871. The van der Waals surface area contributed by atoms with Crippen LogP contribution in [0.3, 0.4) is 0 Å². The number of halogens is 1. The molecule has 2 amide bonds. The van der Waals surface area contributed by atoms with E-state index >= 15 is 0 Å². The predicted octanol–water partition coefficient (Wildman–Crippen LogP) is 5.38. The number of anilines is 2. The fraction of sp³-hybridized carbons (Fsp3) is 0.103. The number of aryl methyl sites for hydroxylation is 1. The Bertz CT molecular complexity index is 1560. The van der Waals surface area contributed by atoms with Gasteiger partial charge in [0.1, 0.15) is 28.3 Å². The van der Waals surface area contributed by atoms with Gasteiger partial charge in [0.05, 0.1) is 16.6 Å². The third kappa shape index (κ3) is 5.08. The summed E-state index contributed by atoms with van der Waals surface area (Å²) in [6.07, 6.45) is 0.316. The molecule has 0 aliphatic carbocycles. The van der Waals surface area contributed by atoms with Crippen molar-refractivity contribution in [3.63, 3.8) is 0 Å². The second kappa shape index (κ2) is 10.7. The van der Waals surface area contributed by atoms with Crippen molar-refractivity contribution in [2.75, 3.05) is 10.2 Å². The average molecular weight is 524 g/mol. The summed E-state index contributed by atoms with van der Waals surface area (Å²) >= 11 is 1.15. The molecule has 1 aliphatic rings. The van der Waals surface area contributed by atoms with Gasteiger partial charge in [-0.2, -0.15) is 10.4 Å². The lowest BCUT2D eigenvalue weighted by Gasteiger charge is -2.18. The van der Waals surface area contributed by atoms with Crippen LogP contribution < -0.4 is 10.2 Å². The third-order valence-corrected chi connectivity index (χ3v) is 7.19. The number of para-hydroxylation sites is 2. The van der Waals surface area contributed by atoms with Gasteiger partial charge in [0.25, 0.3) is 5.91 Å². The molecule has 3 aromatic carbocycles. The molecule has 188 valence electrons. The minimum absolute atomic E-state index is 0.188. The van der Waals surface area contributed by atoms with Gasteiger partial charge < -0.3 is 5.32 Å². The number of rotatable bonds is 6. The Morgan fingerprint density at radius 3 is 2.29 bits per heavy atom. The van der Waals surface area contributed by atoms with Gasteiger partial charge in [-0.05, 0) is 55.3 Å². The highest BCUT2D eigenvalue weighted by atomic mass is 32.2. The molecule has 2 heterocycles. The number of benzene rings is 3. The molecular weight excluding hydrogens is 501 g/mol. The summed E-state index contributed by atoms with van der Waals surface area (Å²) in [5.41, 5.74) is 2.57. The molecule has 38 heavy (non-hydrogen) atoms. The first kappa shape index (κ1) is 25.0. The van der Waals surface area contributed by atoms with E-state index in [9.17, 15) is 19.2 Å². The molecule has 9 heteroatoms. The van der Waals surface area contributed by atoms with Gasteiger partial charge >= 0.3 is 0 Å². The molecular formula is C29H22FN5O2S. The van der Waals surface area contributed by atoms with Crippen LogP contribution in [0.4, 0.5) is 15.9 Å². The number of amides is 2. The molecule has 0 bridgehead atoms. The molecule has 1 N–H and O–H groups in total. The van der Waals surface area contributed by atoms with E-state index in [0.717, 1.165) is 23.0 Å². The highest BCUT2D eigenvalue weighted by molar-refractivity contribution is 8.05. The van der Waals surface area contributed by atoms with Gasteiger partial charge in [-0.1, -0.05) is 60.3 Å². The second-order valence-corrected chi connectivity index (χ2v) is 9.80. The quantitative estimate of drug-likeness (QED) is 0.271. The highest BCUT2D eigenvalue weighted by Crippen LogP contribution is 2.42. The van der Waals surface area contributed by atoms with Crippen molar-refractivity contribution >= 4 is 35.1 Å². The van der Waals surface area contributed by atoms with Crippen molar-refractivity contribution in [2.24, 2.45) is 0 Å². The van der Waals surface area contributed by atoms with Crippen LogP contribution >= 0.6 is 11.8 Å². The van der Waals surface area contributed by atoms with Crippen LogP contribution in [0.5, 0.6) is 0 Å². The van der Waals surface area contributed by atoms with Crippen molar-refractivity contribution < 1.29 is 14.0 Å². The minimum atomic E-state index is -0.650. The van der Waals surface area contributed by atoms with Crippen LogP contribution in [0.2, 0.25) is 0 Å². The highest BCUT2D eigenvalue weighted by Gasteiger charge is 2.40. The molecule has 1 aromatic heterocycles. The molecule has 7 nitrogen and oxygen atoms in total. The summed E-state index contributed by atoms with van der Waals surface area (Å²) in [5, 5.41) is 17.0.